The molecule has 220 valence electrons. The Morgan fingerprint density at radius 3 is 2.10 bits per heavy atom. The molecule has 39 heavy (non-hydrogen) atoms. The lowest BCUT2D eigenvalue weighted by atomic mass is 9.39. The molecule has 3 aliphatic carbocycles. The highest BCUT2D eigenvalue weighted by atomic mass is 19.4. The highest BCUT2D eigenvalue weighted by Gasteiger charge is 2.79. The summed E-state index contributed by atoms with van der Waals surface area (Å²) in [7, 11) is 0. The lowest BCUT2D eigenvalue weighted by Crippen LogP contribution is -2.79. The Morgan fingerprint density at radius 1 is 1.00 bits per heavy atom. The molecule has 16 heteroatoms. The van der Waals surface area contributed by atoms with Crippen LogP contribution < -0.4 is 21.3 Å². The van der Waals surface area contributed by atoms with Crippen molar-refractivity contribution in [1.29, 1.82) is 0 Å². The third kappa shape index (κ3) is 7.19. The number of nitrogens with one attached hydrogen (secondary N) is 4. The van der Waals surface area contributed by atoms with Crippen molar-refractivity contribution in [1.82, 2.24) is 21.3 Å². The molecule has 0 aromatic rings. The summed E-state index contributed by atoms with van der Waals surface area (Å²) in [5, 5.41) is 9.26. The number of Topliss-reactive ketones (excluding diaryl/α,β-unsaturated/α-hetero) is 1. The summed E-state index contributed by atoms with van der Waals surface area (Å²) in [6.07, 6.45) is -10.7. The molecule has 1 heterocycles. The average Bonchev–Trinajstić information content (AvgIpc) is 3.14. The predicted molar refractivity (Wildman–Crippen MR) is 119 cm³/mol. The van der Waals surface area contributed by atoms with E-state index in [0.29, 0.717) is 0 Å². The van der Waals surface area contributed by atoms with Crippen LogP contribution in [0.25, 0.3) is 0 Å². The van der Waals surface area contributed by atoms with Crippen molar-refractivity contribution < 1.29 is 55.1 Å². The molecule has 0 radical (unpaired) electrons. The van der Waals surface area contributed by atoms with Crippen LogP contribution in [0, 0.1) is 17.3 Å². The molecule has 10 nitrogen and oxygen atoms in total. The van der Waals surface area contributed by atoms with E-state index in [4.69, 9.17) is 0 Å². The predicted octanol–water partition coefficient (Wildman–Crippen LogP) is 1.24. The van der Waals surface area contributed by atoms with E-state index in [1.54, 1.807) is 13.8 Å². The molecular weight excluding hydrogens is 542 g/mol. The fourth-order valence-electron chi connectivity index (χ4n) is 5.40. The molecule has 3 saturated carbocycles. The van der Waals surface area contributed by atoms with Gasteiger partial charge in [0.25, 0.3) is 0 Å². The highest BCUT2D eigenvalue weighted by Crippen LogP contribution is 2.73. The second-order valence-electron chi connectivity index (χ2n) is 11.0. The zero-order chi connectivity index (χ0) is 29.4. The van der Waals surface area contributed by atoms with Gasteiger partial charge in [0.2, 0.25) is 11.8 Å². The summed E-state index contributed by atoms with van der Waals surface area (Å²) in [6, 6.07) is -2.97. The molecule has 4 rings (SSSR count). The molecule has 4 fully saturated rings. The van der Waals surface area contributed by atoms with Crippen LogP contribution in [0.1, 0.15) is 52.4 Å². The molecule has 0 aromatic carbocycles. The molecule has 1 aliphatic heterocycles. The number of carbonyl (C=O) groups is 5. The van der Waals surface area contributed by atoms with E-state index < -0.39 is 77.5 Å². The van der Waals surface area contributed by atoms with Gasteiger partial charge in [-0.3, -0.25) is 28.7 Å². The van der Waals surface area contributed by atoms with Crippen molar-refractivity contribution in [2.45, 2.75) is 82.5 Å². The van der Waals surface area contributed by atoms with Gasteiger partial charge in [0, 0.05) is 18.0 Å². The molecule has 0 aromatic heterocycles. The summed E-state index contributed by atoms with van der Waals surface area (Å²) in [4.78, 5) is 62.4. The van der Waals surface area contributed by atoms with Gasteiger partial charge < -0.3 is 21.3 Å². The Morgan fingerprint density at radius 2 is 1.62 bits per heavy atom. The van der Waals surface area contributed by atoms with Gasteiger partial charge in [0.15, 0.2) is 5.78 Å². The van der Waals surface area contributed by atoms with Crippen LogP contribution in [0.15, 0.2) is 0 Å². The lowest BCUT2D eigenvalue weighted by Gasteiger charge is -2.70. The summed E-state index contributed by atoms with van der Waals surface area (Å²) in [5.41, 5.74) is -3.00. The third-order valence-electron chi connectivity index (χ3n) is 7.31. The number of halogens is 6. The lowest BCUT2D eigenvalue weighted by molar-refractivity contribution is -0.337. The highest BCUT2D eigenvalue weighted by molar-refractivity contribution is 6.35. The normalized spacial score (nSPS) is 27.5. The van der Waals surface area contributed by atoms with E-state index in [0.717, 1.165) is 0 Å². The van der Waals surface area contributed by atoms with E-state index >= 15 is 0 Å². The number of hydrogen-bond acceptors (Lipinski definition) is 6. The zero-order valence-corrected chi connectivity index (χ0v) is 21.2. The zero-order valence-electron chi connectivity index (χ0n) is 21.2. The number of alkyl halides is 6. The number of hydrogen-bond donors (Lipinski definition) is 4. The first kappa shape index (κ1) is 30.6. The number of ether oxygens (including phenoxy) is 1. The topological polar surface area (TPSA) is 143 Å². The maximum absolute atomic E-state index is 13.0. The van der Waals surface area contributed by atoms with Gasteiger partial charge in [-0.15, -0.1) is 13.2 Å². The van der Waals surface area contributed by atoms with Crippen LogP contribution in [-0.2, 0) is 28.7 Å². The molecule has 4 amide bonds. The van der Waals surface area contributed by atoms with Gasteiger partial charge in [-0.05, 0) is 44.4 Å². The van der Waals surface area contributed by atoms with Crippen LogP contribution >= 0.6 is 0 Å². The van der Waals surface area contributed by atoms with Crippen molar-refractivity contribution in [3.8, 4) is 0 Å². The van der Waals surface area contributed by atoms with Gasteiger partial charge in [0.05, 0.1) is 11.5 Å². The molecule has 3 atom stereocenters. The number of rotatable bonds is 11. The molecule has 1 saturated heterocycles. The summed E-state index contributed by atoms with van der Waals surface area (Å²) in [5.74, 6) is -6.12. The van der Waals surface area contributed by atoms with Gasteiger partial charge in [0.1, 0.15) is 12.6 Å². The third-order valence-corrected chi connectivity index (χ3v) is 7.31. The standard InChI is InChI=1S/C23H30F6N4O6/c1-11(2)5-14(32-18(37)19(38)33-21-8-20(9-21,10-21)22(24,25)26)17(36)31-13(6-12-3-4-30-16(12)35)15(34)7-39-23(27,28)29/h11-14H,3-10H2,1-2H3,(H,30,35)(H,31,36)(H,32,37)(H,33,38)/t12-,13-,14-,20?,21?/m0/s1. The maximum Gasteiger partial charge on any atom is 0.522 e. The summed E-state index contributed by atoms with van der Waals surface area (Å²) >= 11 is 0. The van der Waals surface area contributed by atoms with Crippen molar-refractivity contribution in [2.24, 2.45) is 17.3 Å². The molecule has 2 bridgehead atoms. The average molecular weight is 573 g/mol. The van der Waals surface area contributed by atoms with Gasteiger partial charge in [-0.2, -0.15) is 13.2 Å². The Bertz CT molecular complexity index is 994. The van der Waals surface area contributed by atoms with E-state index in [2.05, 4.69) is 26.0 Å². The Labute approximate surface area is 219 Å². The minimum absolute atomic E-state index is 0.0446. The smallest absolute Gasteiger partial charge is 0.356 e. The fraction of sp³-hybridized carbons (Fsp3) is 0.783. The van der Waals surface area contributed by atoms with Crippen molar-refractivity contribution in [2.75, 3.05) is 13.2 Å². The summed E-state index contributed by atoms with van der Waals surface area (Å²) < 4.78 is 80.1. The minimum Gasteiger partial charge on any atom is -0.356 e. The minimum atomic E-state index is -5.11. The molecule has 4 N–H and O–H groups in total. The van der Waals surface area contributed by atoms with Gasteiger partial charge >= 0.3 is 24.4 Å². The second kappa shape index (κ2) is 10.9. The Kier molecular flexibility index (Phi) is 8.58. The van der Waals surface area contributed by atoms with Crippen molar-refractivity contribution in [3.05, 3.63) is 0 Å². The molecule has 0 spiro atoms. The molecular formula is C23H30F6N4O6. The number of carbonyl (C=O) groups excluding carboxylic acids is 5. The Hall–Kier alpha value is -2.91. The maximum atomic E-state index is 13.0. The Balaban J connectivity index is 1.63. The summed E-state index contributed by atoms with van der Waals surface area (Å²) in [6.45, 7) is 2.21. The largest absolute Gasteiger partial charge is 0.522 e. The fourth-order valence-corrected chi connectivity index (χ4v) is 5.40. The second-order valence-corrected chi connectivity index (χ2v) is 11.0. The van der Waals surface area contributed by atoms with Crippen molar-refractivity contribution in [3.63, 3.8) is 0 Å². The van der Waals surface area contributed by atoms with E-state index in [-0.39, 0.29) is 51.0 Å². The molecule has 0 unspecified atom stereocenters. The van der Waals surface area contributed by atoms with Gasteiger partial charge in [-0.1, -0.05) is 13.8 Å². The van der Waals surface area contributed by atoms with Crippen LogP contribution in [-0.4, -0.2) is 72.7 Å². The van der Waals surface area contributed by atoms with Crippen LogP contribution in [0.5, 0.6) is 0 Å². The van der Waals surface area contributed by atoms with Gasteiger partial charge in [-0.25, -0.2) is 0 Å². The van der Waals surface area contributed by atoms with Crippen LogP contribution in [0.3, 0.4) is 0 Å². The number of ketones is 1. The van der Waals surface area contributed by atoms with E-state index in [1.165, 1.54) is 0 Å². The number of amides is 4. The van der Waals surface area contributed by atoms with Crippen LogP contribution in [0.4, 0.5) is 26.3 Å². The first-order valence-electron chi connectivity index (χ1n) is 12.4. The first-order valence-corrected chi connectivity index (χ1v) is 12.4. The first-order chi connectivity index (χ1) is 17.9. The molecule has 4 aliphatic rings. The van der Waals surface area contributed by atoms with Crippen molar-refractivity contribution >= 4 is 29.4 Å². The van der Waals surface area contributed by atoms with E-state index in [1.807, 2.05) is 0 Å². The quantitative estimate of drug-likeness (QED) is 0.217. The SMILES string of the molecule is CC(C)C[C@H](NC(=O)C(=O)NC12CC(C(F)(F)F)(C1)C2)C(=O)N[C@@H](C[C@@H]1CCNC1=O)C(=O)COC(F)(F)F. The van der Waals surface area contributed by atoms with Crippen LogP contribution in [0.2, 0.25) is 0 Å². The van der Waals surface area contributed by atoms with E-state index in [9.17, 15) is 50.3 Å². The monoisotopic (exact) mass is 572 g/mol.